The van der Waals surface area contributed by atoms with E-state index in [1.807, 2.05) is 57.7 Å². The highest BCUT2D eigenvalue weighted by Gasteiger charge is 2.31. The van der Waals surface area contributed by atoms with Gasteiger partial charge in [-0.15, -0.1) is 0 Å². The minimum absolute atomic E-state index is 0.383. The normalized spacial score (nSPS) is 14.2. The number of rotatable bonds is 10. The number of halogens is 1. The molecule has 0 unspecified atom stereocenters. The minimum Gasteiger partial charge on any atom is -0.494 e. The molecule has 3 N–H and O–H groups in total. The van der Waals surface area contributed by atoms with Crippen LogP contribution in [-0.4, -0.2) is 98.4 Å². The number of alkyl halides is 1. The van der Waals surface area contributed by atoms with E-state index in [4.69, 9.17) is 14.7 Å². The fraction of sp³-hybridized carbons (Fsp3) is 0.343. The van der Waals surface area contributed by atoms with Crippen LogP contribution in [0.15, 0.2) is 61.3 Å². The summed E-state index contributed by atoms with van der Waals surface area (Å²) in [6, 6.07) is 10.1. The van der Waals surface area contributed by atoms with Gasteiger partial charge in [-0.1, -0.05) is 7.92 Å². The molecular formula is C35H41FN11OP. The van der Waals surface area contributed by atoms with Gasteiger partial charge in [0.2, 0.25) is 5.95 Å². The van der Waals surface area contributed by atoms with Gasteiger partial charge in [0.15, 0.2) is 0 Å². The van der Waals surface area contributed by atoms with Gasteiger partial charge in [0.1, 0.15) is 23.9 Å². The molecule has 0 spiro atoms. The lowest BCUT2D eigenvalue weighted by Crippen LogP contribution is -2.55. The van der Waals surface area contributed by atoms with Gasteiger partial charge < -0.3 is 25.3 Å². The highest BCUT2D eigenvalue weighted by atomic mass is 31.1. The molecule has 49 heavy (non-hydrogen) atoms. The Morgan fingerprint density at radius 3 is 2.51 bits per heavy atom. The Balaban J connectivity index is 1.26. The van der Waals surface area contributed by atoms with Gasteiger partial charge in [-0.2, -0.15) is 15.1 Å². The van der Waals surface area contributed by atoms with E-state index in [0.29, 0.717) is 28.9 Å². The molecule has 14 heteroatoms. The summed E-state index contributed by atoms with van der Waals surface area (Å²) in [4.78, 5) is 26.8. The molecule has 0 aliphatic carbocycles. The third-order valence-corrected chi connectivity index (χ3v) is 10.5. The molecule has 1 saturated heterocycles. The number of fused-ring (bicyclic) bond motifs is 2. The van der Waals surface area contributed by atoms with Crippen LogP contribution in [0, 0.1) is 0 Å². The van der Waals surface area contributed by atoms with Crippen molar-refractivity contribution in [2.75, 3.05) is 68.8 Å². The predicted octanol–water partition coefficient (Wildman–Crippen LogP) is 6.03. The molecule has 2 aromatic carbocycles. The van der Waals surface area contributed by atoms with Crippen molar-refractivity contribution in [3.63, 3.8) is 0 Å². The number of nitrogens with one attached hydrogen (secondary N) is 3. The molecule has 7 rings (SSSR count). The minimum atomic E-state index is -0.519. The SMILES string of the molecule is COc1cc(N2CCN(C(C)(C)CF)CC2)c(-c2cnn(C)c2)cc1Nc1nc(Nc2ccc3nccnc3c2P(C)C)c2cc[nH]c2n1. The molecule has 12 nitrogen and oxygen atoms in total. The van der Waals surface area contributed by atoms with Gasteiger partial charge in [-0.05, 0) is 51.4 Å². The molecule has 0 bridgehead atoms. The van der Waals surface area contributed by atoms with Crippen molar-refractivity contribution in [2.24, 2.45) is 7.05 Å². The maximum atomic E-state index is 13.8. The Morgan fingerprint density at radius 1 is 1.00 bits per heavy atom. The summed E-state index contributed by atoms with van der Waals surface area (Å²) < 4.78 is 21.5. The number of aryl methyl sites for hydroxylation is 1. The first-order valence-electron chi connectivity index (χ1n) is 16.2. The second-order valence-corrected chi connectivity index (χ2v) is 15.3. The Bertz CT molecular complexity index is 2120. The summed E-state index contributed by atoms with van der Waals surface area (Å²) in [6.07, 6.45) is 9.18. The van der Waals surface area contributed by atoms with Gasteiger partial charge in [0, 0.05) is 97.4 Å². The number of ether oxygens (including phenoxy) is 1. The van der Waals surface area contributed by atoms with Crippen LogP contribution in [0.25, 0.3) is 33.2 Å². The molecule has 1 fully saturated rings. The zero-order valence-corrected chi connectivity index (χ0v) is 29.5. The monoisotopic (exact) mass is 681 g/mol. The number of anilines is 5. The van der Waals surface area contributed by atoms with Crippen molar-refractivity contribution in [2.45, 2.75) is 19.4 Å². The van der Waals surface area contributed by atoms with Crippen LogP contribution in [0.4, 0.5) is 33.2 Å². The van der Waals surface area contributed by atoms with E-state index in [-0.39, 0.29) is 6.67 Å². The van der Waals surface area contributed by atoms with Crippen LogP contribution in [0.2, 0.25) is 0 Å². The second-order valence-electron chi connectivity index (χ2n) is 13.1. The van der Waals surface area contributed by atoms with Crippen LogP contribution in [-0.2, 0) is 7.05 Å². The largest absolute Gasteiger partial charge is 0.494 e. The zero-order chi connectivity index (χ0) is 34.3. The van der Waals surface area contributed by atoms with Gasteiger partial charge in [-0.25, -0.2) is 4.39 Å². The molecule has 4 aromatic heterocycles. The van der Waals surface area contributed by atoms with Crippen molar-refractivity contribution in [1.29, 1.82) is 0 Å². The van der Waals surface area contributed by atoms with E-state index in [1.165, 1.54) is 0 Å². The van der Waals surface area contributed by atoms with Crippen molar-refractivity contribution < 1.29 is 9.13 Å². The lowest BCUT2D eigenvalue weighted by atomic mass is 10.0. The number of benzene rings is 2. The summed E-state index contributed by atoms with van der Waals surface area (Å²) in [5, 5.41) is 13.5. The first kappa shape index (κ1) is 32.7. The topological polar surface area (TPSA) is 125 Å². The van der Waals surface area contributed by atoms with Crippen LogP contribution >= 0.6 is 7.92 Å². The van der Waals surface area contributed by atoms with Crippen molar-refractivity contribution in [3.05, 3.63) is 61.3 Å². The Hall–Kier alpha value is -4.87. The number of aromatic amines is 1. The highest BCUT2D eigenvalue weighted by Crippen LogP contribution is 2.41. The van der Waals surface area contributed by atoms with E-state index in [2.05, 4.69) is 65.9 Å². The van der Waals surface area contributed by atoms with E-state index < -0.39 is 13.5 Å². The number of H-pyrrole nitrogens is 1. The fourth-order valence-electron chi connectivity index (χ4n) is 6.44. The molecule has 1 aliphatic rings. The molecule has 0 saturated carbocycles. The molecule has 0 radical (unpaired) electrons. The number of hydrogen-bond acceptors (Lipinski definition) is 10. The van der Waals surface area contributed by atoms with Gasteiger partial charge in [0.05, 0.1) is 35.4 Å². The van der Waals surface area contributed by atoms with E-state index in [0.717, 1.165) is 70.4 Å². The molecule has 254 valence electrons. The molecule has 0 atom stereocenters. The molecule has 5 heterocycles. The van der Waals surface area contributed by atoms with E-state index in [9.17, 15) is 4.39 Å². The third-order valence-electron chi connectivity index (χ3n) is 9.11. The van der Waals surface area contributed by atoms with E-state index in [1.54, 1.807) is 24.2 Å². The fourth-order valence-corrected chi connectivity index (χ4v) is 7.65. The quantitative estimate of drug-likeness (QED) is 0.148. The van der Waals surface area contributed by atoms with Crippen LogP contribution in [0.5, 0.6) is 5.75 Å². The standard InChI is InChI=1S/C35H41FN11OP/c1-35(2,21-36)47-15-13-46(14-16-47)28-18-29(48-4)27(17-24(28)22-19-40-45(3)20-22)42-34-43-32-23(9-10-39-32)33(44-34)41-26-8-7-25-30(31(26)49(5)6)38-12-11-37-25/h7-12,17-20H,13-16,21H2,1-6H3,(H3,39,41,42,43,44). The number of piperazine rings is 1. The first-order valence-corrected chi connectivity index (χ1v) is 18.5. The highest BCUT2D eigenvalue weighted by molar-refractivity contribution is 7.65. The molecule has 0 amide bonds. The summed E-state index contributed by atoms with van der Waals surface area (Å²) in [5.74, 6) is 1.71. The first-order chi connectivity index (χ1) is 23.6. The smallest absolute Gasteiger partial charge is 0.231 e. The van der Waals surface area contributed by atoms with Crippen molar-refractivity contribution >= 4 is 64.1 Å². The van der Waals surface area contributed by atoms with Gasteiger partial charge in [-0.3, -0.25) is 19.5 Å². The van der Waals surface area contributed by atoms with E-state index >= 15 is 0 Å². The van der Waals surface area contributed by atoms with Gasteiger partial charge >= 0.3 is 0 Å². The molecule has 6 aromatic rings. The van der Waals surface area contributed by atoms with Crippen LogP contribution < -0.4 is 25.6 Å². The molecular weight excluding hydrogens is 640 g/mol. The van der Waals surface area contributed by atoms with Crippen molar-refractivity contribution in [1.82, 2.24) is 39.6 Å². The Kier molecular flexibility index (Phi) is 8.81. The van der Waals surface area contributed by atoms with Crippen LogP contribution in [0.1, 0.15) is 13.8 Å². The maximum Gasteiger partial charge on any atom is 0.231 e. The third kappa shape index (κ3) is 6.36. The average molecular weight is 682 g/mol. The van der Waals surface area contributed by atoms with Gasteiger partial charge in [0.25, 0.3) is 0 Å². The summed E-state index contributed by atoms with van der Waals surface area (Å²) in [6.45, 7) is 11.0. The summed E-state index contributed by atoms with van der Waals surface area (Å²) in [5.41, 5.74) is 6.60. The second kappa shape index (κ2) is 13.2. The lowest BCUT2D eigenvalue weighted by Gasteiger charge is -2.44. The average Bonchev–Trinajstić information content (AvgIpc) is 3.77. The number of nitrogens with zero attached hydrogens (tertiary/aromatic N) is 8. The number of hydrogen-bond donors (Lipinski definition) is 3. The predicted molar refractivity (Wildman–Crippen MR) is 197 cm³/mol. The Labute approximate surface area is 285 Å². The maximum absolute atomic E-state index is 13.8. The Morgan fingerprint density at radius 2 is 1.80 bits per heavy atom. The summed E-state index contributed by atoms with van der Waals surface area (Å²) in [7, 11) is 3.05. The number of methoxy groups -OCH3 is 1. The zero-order valence-electron chi connectivity index (χ0n) is 28.6. The summed E-state index contributed by atoms with van der Waals surface area (Å²) >= 11 is 0. The molecule has 1 aliphatic heterocycles. The number of aromatic nitrogens is 7. The lowest BCUT2D eigenvalue weighted by molar-refractivity contribution is 0.0861. The van der Waals surface area contributed by atoms with Crippen molar-refractivity contribution in [3.8, 4) is 16.9 Å². The van der Waals surface area contributed by atoms with Crippen LogP contribution in [0.3, 0.4) is 0 Å².